The van der Waals surface area contributed by atoms with Gasteiger partial charge in [0.1, 0.15) is 17.4 Å². The second-order valence-corrected chi connectivity index (χ2v) is 11.1. The Morgan fingerprint density at radius 2 is 1.82 bits per heavy atom. The third-order valence-electron chi connectivity index (χ3n) is 8.85. The Balaban J connectivity index is 1.34. The second kappa shape index (κ2) is 10.2. The molecule has 39 heavy (non-hydrogen) atoms. The van der Waals surface area contributed by atoms with Gasteiger partial charge in [-0.05, 0) is 37.5 Å². The van der Waals surface area contributed by atoms with E-state index in [4.69, 9.17) is 9.47 Å². The topological polar surface area (TPSA) is 97.0 Å². The van der Waals surface area contributed by atoms with Gasteiger partial charge in [-0.1, -0.05) is 67.8 Å². The molecule has 1 saturated carbocycles. The van der Waals surface area contributed by atoms with Gasteiger partial charge in [-0.25, -0.2) is 0 Å². The normalized spacial score (nSPS) is 30.2. The average Bonchev–Trinajstić information content (AvgIpc) is 3.61. The zero-order valence-corrected chi connectivity index (χ0v) is 22.3. The van der Waals surface area contributed by atoms with Gasteiger partial charge >= 0.3 is 0 Å². The lowest BCUT2D eigenvalue weighted by Crippen LogP contribution is -2.56. The number of nitrogens with one attached hydrogen (secondary N) is 2. The van der Waals surface area contributed by atoms with Gasteiger partial charge in [0, 0.05) is 17.8 Å². The molecule has 1 spiro atoms. The zero-order chi connectivity index (χ0) is 27.1. The summed E-state index contributed by atoms with van der Waals surface area (Å²) in [6.45, 7) is 1.94. The minimum Gasteiger partial charge on any atom is -0.497 e. The molecule has 1 aliphatic carbocycles. The van der Waals surface area contributed by atoms with Crippen molar-refractivity contribution in [3.63, 3.8) is 0 Å². The van der Waals surface area contributed by atoms with Gasteiger partial charge in [0.2, 0.25) is 17.7 Å². The van der Waals surface area contributed by atoms with Gasteiger partial charge in [0.15, 0.2) is 0 Å². The molecule has 0 radical (unpaired) electrons. The van der Waals surface area contributed by atoms with Crippen LogP contribution in [0.4, 0.5) is 5.69 Å². The Morgan fingerprint density at radius 3 is 2.56 bits per heavy atom. The zero-order valence-electron chi connectivity index (χ0n) is 22.3. The molecule has 2 aromatic rings. The molecule has 204 valence electrons. The maximum Gasteiger partial charge on any atom is 0.246 e. The van der Waals surface area contributed by atoms with Gasteiger partial charge in [-0.3, -0.25) is 14.4 Å². The molecular weight excluding hydrogens is 494 g/mol. The van der Waals surface area contributed by atoms with Crippen LogP contribution in [0.3, 0.4) is 0 Å². The van der Waals surface area contributed by atoms with Crippen molar-refractivity contribution in [3.05, 3.63) is 72.3 Å². The number of fused-ring (bicyclic) bond motifs is 1. The van der Waals surface area contributed by atoms with E-state index in [2.05, 4.69) is 10.6 Å². The van der Waals surface area contributed by atoms with Gasteiger partial charge in [-0.15, -0.1) is 0 Å². The average molecular weight is 530 g/mol. The van der Waals surface area contributed by atoms with Crippen molar-refractivity contribution >= 4 is 23.4 Å². The number of likely N-dealkylation sites (tertiary alicyclic amines) is 1. The molecule has 3 aliphatic heterocycles. The van der Waals surface area contributed by atoms with Crippen molar-refractivity contribution in [2.75, 3.05) is 12.4 Å². The third kappa shape index (κ3) is 4.31. The van der Waals surface area contributed by atoms with E-state index < -0.39 is 29.6 Å². The molecule has 2 bridgehead atoms. The number of amides is 3. The van der Waals surface area contributed by atoms with Crippen molar-refractivity contribution in [1.82, 2.24) is 10.2 Å². The highest BCUT2D eigenvalue weighted by molar-refractivity contribution is 6.03. The largest absolute Gasteiger partial charge is 0.497 e. The number of methoxy groups -OCH3 is 1. The minimum atomic E-state index is -1.19. The summed E-state index contributed by atoms with van der Waals surface area (Å²) >= 11 is 0. The molecule has 0 aromatic heterocycles. The standard InChI is InChI=1S/C31H35N3O5/c1-19(20-10-5-3-6-11-20)34-27(29(36)32-21-12-7-4-8-13-21)31-17-16-24(39-31)25(26(31)30(34)37)28(35)33-22-14-9-15-23(18-22)38-2/h3,5-6,9-11,14-19,21,24-27H,4,7-8,12-13H2,1-2H3,(H,32,36)(H,33,35)/t19-,24+,25-,26+,27-,31+/m1/s1. The molecule has 3 heterocycles. The summed E-state index contributed by atoms with van der Waals surface area (Å²) < 4.78 is 11.8. The summed E-state index contributed by atoms with van der Waals surface area (Å²) in [4.78, 5) is 43.7. The summed E-state index contributed by atoms with van der Waals surface area (Å²) in [6.07, 6.45) is 8.33. The highest BCUT2D eigenvalue weighted by Crippen LogP contribution is 2.56. The first-order valence-electron chi connectivity index (χ1n) is 13.9. The molecule has 3 amide bonds. The number of nitrogens with zero attached hydrogens (tertiary/aromatic N) is 1. The SMILES string of the molecule is COc1cccc(NC(=O)[C@@H]2[C@@H]3C=C[C@]4(O3)[C@@H]2C(=O)N([C@H](C)c2ccccc2)[C@@H]4C(=O)NC2CCCCC2)c1. The number of hydrogen-bond acceptors (Lipinski definition) is 5. The van der Waals surface area contributed by atoms with E-state index in [-0.39, 0.29) is 29.8 Å². The smallest absolute Gasteiger partial charge is 0.246 e. The molecule has 0 unspecified atom stereocenters. The highest BCUT2D eigenvalue weighted by Gasteiger charge is 2.73. The molecule has 2 saturated heterocycles. The summed E-state index contributed by atoms with van der Waals surface area (Å²) in [5.74, 6) is -1.68. The van der Waals surface area contributed by atoms with E-state index in [9.17, 15) is 14.4 Å². The fourth-order valence-electron chi connectivity index (χ4n) is 6.97. The highest BCUT2D eigenvalue weighted by atomic mass is 16.5. The molecule has 8 nitrogen and oxygen atoms in total. The number of hydrogen-bond donors (Lipinski definition) is 2. The van der Waals surface area contributed by atoms with Crippen LogP contribution in [-0.2, 0) is 19.1 Å². The van der Waals surface area contributed by atoms with Crippen LogP contribution in [0, 0.1) is 11.8 Å². The maximum absolute atomic E-state index is 14.3. The Bertz CT molecular complexity index is 1290. The van der Waals surface area contributed by atoms with Crippen LogP contribution in [0.2, 0.25) is 0 Å². The van der Waals surface area contributed by atoms with E-state index in [1.807, 2.05) is 49.4 Å². The summed E-state index contributed by atoms with van der Waals surface area (Å²) in [7, 11) is 1.57. The van der Waals surface area contributed by atoms with Crippen molar-refractivity contribution < 1.29 is 23.9 Å². The van der Waals surface area contributed by atoms with Gasteiger partial charge in [0.25, 0.3) is 0 Å². The van der Waals surface area contributed by atoms with E-state index in [0.717, 1.165) is 31.2 Å². The van der Waals surface area contributed by atoms with Gasteiger partial charge < -0.3 is 25.0 Å². The monoisotopic (exact) mass is 529 g/mol. The lowest BCUT2D eigenvalue weighted by atomic mass is 9.74. The van der Waals surface area contributed by atoms with Crippen molar-refractivity contribution in [2.24, 2.45) is 11.8 Å². The van der Waals surface area contributed by atoms with E-state index in [1.54, 1.807) is 36.3 Å². The van der Waals surface area contributed by atoms with Crippen LogP contribution in [0.15, 0.2) is 66.7 Å². The first-order valence-corrected chi connectivity index (χ1v) is 13.9. The second-order valence-electron chi connectivity index (χ2n) is 11.1. The molecule has 8 heteroatoms. The fraction of sp³-hybridized carbons (Fsp3) is 0.452. The van der Waals surface area contributed by atoms with Crippen molar-refractivity contribution in [1.29, 1.82) is 0 Å². The molecule has 6 atom stereocenters. The van der Waals surface area contributed by atoms with Crippen LogP contribution >= 0.6 is 0 Å². The summed E-state index contributed by atoms with van der Waals surface area (Å²) in [5.41, 5.74) is 0.306. The molecule has 6 rings (SSSR count). The van der Waals surface area contributed by atoms with E-state index in [1.165, 1.54) is 6.42 Å². The maximum atomic E-state index is 14.3. The lowest BCUT2D eigenvalue weighted by Gasteiger charge is -2.37. The number of ether oxygens (including phenoxy) is 2. The van der Waals surface area contributed by atoms with Crippen LogP contribution in [0.5, 0.6) is 5.75 Å². The summed E-state index contributed by atoms with van der Waals surface area (Å²) in [5, 5.41) is 6.20. The number of anilines is 1. The first-order chi connectivity index (χ1) is 18.9. The molecule has 4 aliphatic rings. The third-order valence-corrected chi connectivity index (χ3v) is 8.85. The van der Waals surface area contributed by atoms with E-state index >= 15 is 0 Å². The Morgan fingerprint density at radius 1 is 1.05 bits per heavy atom. The Hall–Kier alpha value is -3.65. The molecule has 2 aromatic carbocycles. The van der Waals surface area contributed by atoms with Crippen molar-refractivity contribution in [3.8, 4) is 5.75 Å². The molecular formula is C31H35N3O5. The van der Waals surface area contributed by atoms with Gasteiger partial charge in [-0.2, -0.15) is 0 Å². The number of rotatable bonds is 7. The molecule has 3 fully saturated rings. The lowest BCUT2D eigenvalue weighted by molar-refractivity contribution is -0.143. The number of benzene rings is 2. The number of carbonyl (C=O) groups excluding carboxylic acids is 3. The van der Waals surface area contributed by atoms with Crippen LogP contribution in [0.1, 0.15) is 50.6 Å². The first kappa shape index (κ1) is 25.6. The van der Waals surface area contributed by atoms with E-state index in [0.29, 0.717) is 11.4 Å². The predicted molar refractivity (Wildman–Crippen MR) is 146 cm³/mol. The minimum absolute atomic E-state index is 0.0837. The summed E-state index contributed by atoms with van der Waals surface area (Å²) in [6, 6.07) is 15.6. The van der Waals surface area contributed by atoms with Crippen LogP contribution in [0.25, 0.3) is 0 Å². The van der Waals surface area contributed by atoms with Crippen molar-refractivity contribution in [2.45, 2.75) is 68.9 Å². The fourth-order valence-corrected chi connectivity index (χ4v) is 6.97. The number of carbonyl (C=O) groups is 3. The van der Waals surface area contributed by atoms with Crippen LogP contribution in [-0.4, -0.2) is 53.5 Å². The quantitative estimate of drug-likeness (QED) is 0.529. The Kier molecular flexibility index (Phi) is 6.67. The predicted octanol–water partition coefficient (Wildman–Crippen LogP) is 3.99. The van der Waals surface area contributed by atoms with Gasteiger partial charge in [0.05, 0.1) is 31.1 Å². The van der Waals surface area contributed by atoms with Crippen LogP contribution < -0.4 is 15.4 Å². The Labute approximate surface area is 228 Å². The molecule has 2 N–H and O–H groups in total.